The average Bonchev–Trinajstić information content (AvgIpc) is 3.32. The van der Waals surface area contributed by atoms with Crippen molar-refractivity contribution in [2.45, 2.75) is 39.8 Å². The second-order valence-electron chi connectivity index (χ2n) is 7.52. The number of benzene rings is 1. The van der Waals surface area contributed by atoms with Crippen LogP contribution in [0.25, 0.3) is 17.3 Å². The summed E-state index contributed by atoms with van der Waals surface area (Å²) in [7, 11) is 1.68. The van der Waals surface area contributed by atoms with Crippen molar-refractivity contribution in [2.75, 3.05) is 20.1 Å². The van der Waals surface area contributed by atoms with Crippen molar-refractivity contribution in [3.63, 3.8) is 0 Å². The van der Waals surface area contributed by atoms with Gasteiger partial charge < -0.3 is 9.42 Å². The molecular weight excluding hydrogens is 423 g/mol. The average molecular weight is 449 g/mol. The Morgan fingerprint density at radius 2 is 1.97 bits per heavy atom. The molecule has 0 fully saturated rings. The van der Waals surface area contributed by atoms with Crippen molar-refractivity contribution in [2.24, 2.45) is 0 Å². The van der Waals surface area contributed by atoms with Gasteiger partial charge in [0.2, 0.25) is 0 Å². The third-order valence-electron chi connectivity index (χ3n) is 5.16. The molecule has 0 spiro atoms. The Balaban J connectivity index is 0.00000272. The maximum Gasteiger partial charge on any atom is 0.278 e. The van der Waals surface area contributed by atoms with Gasteiger partial charge in [0.25, 0.3) is 11.8 Å². The molecule has 8 nitrogen and oxygen atoms in total. The molecule has 3 aromatic rings. The van der Waals surface area contributed by atoms with Crippen LogP contribution in [-0.4, -0.2) is 55.5 Å². The molecule has 0 saturated heterocycles. The van der Waals surface area contributed by atoms with E-state index in [1.807, 2.05) is 0 Å². The van der Waals surface area contributed by atoms with E-state index in [-0.39, 0.29) is 18.3 Å². The normalized spacial score (nSPS) is 13.1. The second kappa shape index (κ2) is 9.57. The first-order chi connectivity index (χ1) is 14.5. The van der Waals surface area contributed by atoms with E-state index in [0.29, 0.717) is 41.7 Å². The highest BCUT2D eigenvalue weighted by molar-refractivity contribution is 5.98. The van der Waals surface area contributed by atoms with Crippen molar-refractivity contribution in [1.82, 2.24) is 29.5 Å². The number of rotatable bonds is 7. The van der Waals surface area contributed by atoms with Crippen molar-refractivity contribution in [3.8, 4) is 17.3 Å². The van der Waals surface area contributed by atoms with Gasteiger partial charge in [0, 0.05) is 7.05 Å². The number of nitrogens with zero attached hydrogens (tertiary/aromatic N) is 6. The fourth-order valence-electron chi connectivity index (χ4n) is 3.82. The van der Waals surface area contributed by atoms with Gasteiger partial charge in [0.1, 0.15) is 12.1 Å². The monoisotopic (exact) mass is 448 g/mol. The summed E-state index contributed by atoms with van der Waals surface area (Å²) in [6.45, 7) is 7.13. The lowest BCUT2D eigenvalue weighted by atomic mass is 10.1. The minimum absolute atomic E-state index is 0. The SMILES string of the molecule is CCCN(CCC)Cc1noc(-c2ncn3c2CN(C)C(=O)c2cc(F)ccc2-3)n1.Cl. The summed E-state index contributed by atoms with van der Waals surface area (Å²) in [6, 6.07) is 4.18. The highest BCUT2D eigenvalue weighted by atomic mass is 35.5. The van der Waals surface area contributed by atoms with Crippen LogP contribution < -0.4 is 0 Å². The number of aromatic nitrogens is 4. The van der Waals surface area contributed by atoms with Crippen LogP contribution >= 0.6 is 12.4 Å². The van der Waals surface area contributed by atoms with Gasteiger partial charge in [-0.15, -0.1) is 12.4 Å². The number of halogens is 2. The molecular formula is C21H26ClFN6O2. The first-order valence-corrected chi connectivity index (χ1v) is 10.2. The Labute approximate surface area is 186 Å². The predicted molar refractivity (Wildman–Crippen MR) is 116 cm³/mol. The Bertz CT molecular complexity index is 1060. The third-order valence-corrected chi connectivity index (χ3v) is 5.16. The standard InChI is InChI=1S/C21H25FN6O2.ClH/c1-4-8-27(9-5-2)12-18-24-20(30-25-18)19-17-11-26(3)21(29)15-10-14(22)6-7-16(15)28(17)13-23-19;/h6-7,10,13H,4-5,8-9,11-12H2,1-3H3;1H. The Morgan fingerprint density at radius 1 is 1.23 bits per heavy atom. The maximum absolute atomic E-state index is 13.8. The van der Waals surface area contributed by atoms with Gasteiger partial charge in [-0.25, -0.2) is 9.37 Å². The van der Waals surface area contributed by atoms with Gasteiger partial charge in [-0.05, 0) is 44.1 Å². The summed E-state index contributed by atoms with van der Waals surface area (Å²) in [5, 5.41) is 4.13. The Hall–Kier alpha value is -2.78. The number of amides is 1. The highest BCUT2D eigenvalue weighted by Crippen LogP contribution is 2.30. The van der Waals surface area contributed by atoms with E-state index in [2.05, 4.69) is 33.9 Å². The van der Waals surface area contributed by atoms with Crippen LogP contribution in [0.1, 0.15) is 48.6 Å². The molecule has 1 aromatic carbocycles. The number of imidazole rings is 1. The van der Waals surface area contributed by atoms with E-state index in [0.717, 1.165) is 31.6 Å². The Kier molecular flexibility index (Phi) is 7.07. The summed E-state index contributed by atoms with van der Waals surface area (Å²) in [5.41, 5.74) is 2.14. The largest absolute Gasteiger partial charge is 0.336 e. The van der Waals surface area contributed by atoms with Gasteiger partial charge in [0.15, 0.2) is 11.5 Å². The van der Waals surface area contributed by atoms with Gasteiger partial charge in [0.05, 0.1) is 30.0 Å². The van der Waals surface area contributed by atoms with E-state index >= 15 is 0 Å². The van der Waals surface area contributed by atoms with Crippen LogP contribution in [0.5, 0.6) is 0 Å². The van der Waals surface area contributed by atoms with Gasteiger partial charge >= 0.3 is 0 Å². The van der Waals surface area contributed by atoms with E-state index in [9.17, 15) is 9.18 Å². The van der Waals surface area contributed by atoms with E-state index < -0.39 is 5.82 Å². The first-order valence-electron chi connectivity index (χ1n) is 10.2. The van der Waals surface area contributed by atoms with Crippen LogP contribution in [-0.2, 0) is 13.1 Å². The zero-order valence-electron chi connectivity index (χ0n) is 17.8. The fourth-order valence-corrected chi connectivity index (χ4v) is 3.82. The lowest BCUT2D eigenvalue weighted by molar-refractivity contribution is 0.0787. The molecule has 0 bridgehead atoms. The van der Waals surface area contributed by atoms with Crippen LogP contribution in [0, 0.1) is 5.82 Å². The number of carbonyl (C=O) groups excluding carboxylic acids is 1. The molecule has 2 aromatic heterocycles. The first kappa shape index (κ1) is 22.9. The summed E-state index contributed by atoms with van der Waals surface area (Å²) in [4.78, 5) is 25.6. The molecule has 1 aliphatic rings. The van der Waals surface area contributed by atoms with Crippen molar-refractivity contribution in [3.05, 3.63) is 47.4 Å². The van der Waals surface area contributed by atoms with Gasteiger partial charge in [-0.1, -0.05) is 19.0 Å². The molecule has 1 aliphatic heterocycles. The molecule has 0 atom stereocenters. The molecule has 166 valence electrons. The fraction of sp³-hybridized carbons (Fsp3) is 0.429. The molecule has 31 heavy (non-hydrogen) atoms. The lowest BCUT2D eigenvalue weighted by Gasteiger charge is -2.18. The summed E-state index contributed by atoms with van der Waals surface area (Å²) >= 11 is 0. The van der Waals surface area contributed by atoms with Crippen LogP contribution in [0.4, 0.5) is 4.39 Å². The van der Waals surface area contributed by atoms with E-state index in [1.165, 1.54) is 17.0 Å². The topological polar surface area (TPSA) is 80.3 Å². The molecule has 0 saturated carbocycles. The highest BCUT2D eigenvalue weighted by Gasteiger charge is 2.29. The summed E-state index contributed by atoms with van der Waals surface area (Å²) in [5.74, 6) is 0.219. The van der Waals surface area contributed by atoms with Gasteiger partial charge in [-0.2, -0.15) is 4.98 Å². The zero-order valence-corrected chi connectivity index (χ0v) is 18.7. The van der Waals surface area contributed by atoms with Crippen molar-refractivity contribution < 1.29 is 13.7 Å². The number of carbonyl (C=O) groups is 1. The zero-order chi connectivity index (χ0) is 21.3. The van der Waals surface area contributed by atoms with Crippen molar-refractivity contribution >= 4 is 18.3 Å². The smallest absolute Gasteiger partial charge is 0.278 e. The summed E-state index contributed by atoms with van der Waals surface area (Å²) < 4.78 is 21.1. The molecule has 10 heteroatoms. The van der Waals surface area contributed by atoms with E-state index in [4.69, 9.17) is 4.52 Å². The van der Waals surface area contributed by atoms with Gasteiger partial charge in [-0.3, -0.25) is 14.3 Å². The molecule has 1 amide bonds. The van der Waals surface area contributed by atoms with E-state index in [1.54, 1.807) is 24.0 Å². The predicted octanol–water partition coefficient (Wildman–Crippen LogP) is 3.69. The molecule has 0 radical (unpaired) electrons. The molecule has 4 rings (SSSR count). The molecule has 0 unspecified atom stereocenters. The van der Waals surface area contributed by atoms with Crippen LogP contribution in [0.3, 0.4) is 0 Å². The van der Waals surface area contributed by atoms with Crippen LogP contribution in [0.15, 0.2) is 29.0 Å². The molecule has 0 aliphatic carbocycles. The molecule has 3 heterocycles. The number of fused-ring (bicyclic) bond motifs is 3. The Morgan fingerprint density at radius 3 is 2.68 bits per heavy atom. The quantitative estimate of drug-likeness (QED) is 0.548. The summed E-state index contributed by atoms with van der Waals surface area (Å²) in [6.07, 6.45) is 3.72. The minimum Gasteiger partial charge on any atom is -0.336 e. The minimum atomic E-state index is -0.454. The molecule has 0 N–H and O–H groups in total. The van der Waals surface area contributed by atoms with Crippen molar-refractivity contribution in [1.29, 1.82) is 0 Å². The third kappa shape index (κ3) is 4.47. The second-order valence-corrected chi connectivity index (χ2v) is 7.52. The number of hydrogen-bond donors (Lipinski definition) is 0. The lowest BCUT2D eigenvalue weighted by Crippen LogP contribution is -2.25. The van der Waals surface area contributed by atoms with Crippen LogP contribution in [0.2, 0.25) is 0 Å². The maximum atomic E-state index is 13.8. The number of hydrogen-bond acceptors (Lipinski definition) is 6.